The summed E-state index contributed by atoms with van der Waals surface area (Å²) in [5, 5.41) is 12.6. The first-order valence-electron chi connectivity index (χ1n) is 10.7. The molecule has 0 saturated carbocycles. The van der Waals surface area contributed by atoms with Gasteiger partial charge in [-0.15, -0.1) is 0 Å². The first-order chi connectivity index (χ1) is 16.0. The zero-order valence-corrected chi connectivity index (χ0v) is 20.3. The molecule has 33 heavy (non-hydrogen) atoms. The van der Waals surface area contributed by atoms with Gasteiger partial charge in [0.05, 0.1) is 28.4 Å². The Kier molecular flexibility index (Phi) is 7.33. The summed E-state index contributed by atoms with van der Waals surface area (Å²) < 4.78 is 7.09. The molecular formula is C24H26Cl2N6O. The fourth-order valence-corrected chi connectivity index (χ4v) is 4.41. The third-order valence-corrected chi connectivity index (χ3v) is 5.91. The number of ether oxygens (including phenoxy) is 1. The predicted molar refractivity (Wildman–Crippen MR) is 134 cm³/mol. The molecule has 0 spiro atoms. The van der Waals surface area contributed by atoms with Gasteiger partial charge < -0.3 is 15.4 Å². The van der Waals surface area contributed by atoms with Crippen molar-refractivity contribution in [2.24, 2.45) is 0 Å². The van der Waals surface area contributed by atoms with Gasteiger partial charge in [-0.2, -0.15) is 9.61 Å². The summed E-state index contributed by atoms with van der Waals surface area (Å²) >= 11 is 13.2. The van der Waals surface area contributed by atoms with Crippen LogP contribution in [-0.4, -0.2) is 46.3 Å². The summed E-state index contributed by atoms with van der Waals surface area (Å²) in [5.74, 6) is 1.46. The minimum Gasteiger partial charge on any atom is -0.497 e. The van der Waals surface area contributed by atoms with Crippen LogP contribution in [0.5, 0.6) is 5.75 Å². The quantitative estimate of drug-likeness (QED) is 0.326. The molecule has 1 aromatic carbocycles. The zero-order chi connectivity index (χ0) is 23.4. The maximum Gasteiger partial charge on any atom is 0.165 e. The van der Waals surface area contributed by atoms with Crippen LogP contribution in [0.1, 0.15) is 17.0 Å². The van der Waals surface area contributed by atoms with E-state index in [4.69, 9.17) is 38.0 Å². The Morgan fingerprint density at radius 3 is 2.52 bits per heavy atom. The first-order valence-corrected chi connectivity index (χ1v) is 11.5. The number of anilines is 1. The molecule has 172 valence electrons. The van der Waals surface area contributed by atoms with E-state index in [1.54, 1.807) is 25.4 Å². The van der Waals surface area contributed by atoms with E-state index in [0.717, 1.165) is 48.8 Å². The van der Waals surface area contributed by atoms with Gasteiger partial charge in [0.1, 0.15) is 11.6 Å². The number of nitrogens with zero attached hydrogens (tertiary/aromatic N) is 4. The third kappa shape index (κ3) is 5.21. The topological polar surface area (TPSA) is 76.4 Å². The van der Waals surface area contributed by atoms with Crippen molar-refractivity contribution < 1.29 is 4.74 Å². The summed E-state index contributed by atoms with van der Waals surface area (Å²) in [6.07, 6.45) is 4.63. The highest BCUT2D eigenvalue weighted by molar-refractivity contribution is 6.39. The molecule has 0 aliphatic heterocycles. The Morgan fingerprint density at radius 2 is 1.82 bits per heavy atom. The Hall–Kier alpha value is -2.87. The standard InChI is InChI=1S/C24H26Cl2N6O/c1-15-11-21(29-10-9-27-8-6-17-5-4-7-28-14-17)32-24(30-15)22(16(2)31-32)23-19(25)12-18(33-3)13-20(23)26/h4-5,7,11-14,27,29H,6,8-10H2,1-3H3. The number of fused-ring (bicyclic) bond motifs is 1. The SMILES string of the molecule is COc1cc(Cl)c(-c2c(C)nn3c(NCCNCCc4cccnc4)cc(C)nc23)c(Cl)c1. The average molecular weight is 485 g/mol. The molecule has 0 aliphatic carbocycles. The van der Waals surface area contributed by atoms with Gasteiger partial charge in [-0.05, 0) is 50.6 Å². The molecule has 4 aromatic rings. The van der Waals surface area contributed by atoms with Crippen molar-refractivity contribution in [2.45, 2.75) is 20.3 Å². The van der Waals surface area contributed by atoms with Crippen LogP contribution in [-0.2, 0) is 6.42 Å². The Morgan fingerprint density at radius 1 is 1.03 bits per heavy atom. The van der Waals surface area contributed by atoms with Crippen molar-refractivity contribution in [1.29, 1.82) is 0 Å². The lowest BCUT2D eigenvalue weighted by Gasteiger charge is -2.12. The number of aryl methyl sites for hydroxylation is 2. The molecule has 3 aromatic heterocycles. The molecule has 0 bridgehead atoms. The second kappa shape index (κ2) is 10.4. The highest BCUT2D eigenvalue weighted by Crippen LogP contribution is 2.41. The minimum atomic E-state index is 0.494. The monoisotopic (exact) mass is 484 g/mol. The highest BCUT2D eigenvalue weighted by Gasteiger charge is 2.21. The van der Waals surface area contributed by atoms with E-state index in [0.29, 0.717) is 27.0 Å². The van der Waals surface area contributed by atoms with Gasteiger partial charge in [-0.1, -0.05) is 29.3 Å². The van der Waals surface area contributed by atoms with Crippen molar-refractivity contribution in [2.75, 3.05) is 32.1 Å². The molecule has 0 atom stereocenters. The summed E-state index contributed by atoms with van der Waals surface area (Å²) in [6, 6.07) is 9.52. The number of benzene rings is 1. The molecule has 0 aliphatic rings. The lowest BCUT2D eigenvalue weighted by Crippen LogP contribution is -2.25. The Balaban J connectivity index is 1.52. The first kappa shape index (κ1) is 23.3. The van der Waals surface area contributed by atoms with E-state index >= 15 is 0 Å². The fraction of sp³-hybridized carbons (Fsp3) is 0.292. The van der Waals surface area contributed by atoms with Crippen LogP contribution in [0.3, 0.4) is 0 Å². The maximum atomic E-state index is 6.58. The molecule has 0 unspecified atom stereocenters. The third-order valence-electron chi connectivity index (χ3n) is 5.31. The summed E-state index contributed by atoms with van der Waals surface area (Å²) in [4.78, 5) is 8.89. The smallest absolute Gasteiger partial charge is 0.165 e. The number of rotatable bonds is 9. The molecule has 0 radical (unpaired) electrons. The van der Waals surface area contributed by atoms with Gasteiger partial charge in [0.15, 0.2) is 5.65 Å². The van der Waals surface area contributed by atoms with E-state index in [1.807, 2.05) is 36.7 Å². The lowest BCUT2D eigenvalue weighted by molar-refractivity contribution is 0.415. The molecule has 4 rings (SSSR count). The average Bonchev–Trinajstić information content (AvgIpc) is 3.12. The summed E-state index contributed by atoms with van der Waals surface area (Å²) in [6.45, 7) is 6.33. The van der Waals surface area contributed by atoms with Gasteiger partial charge in [-0.3, -0.25) is 4.98 Å². The second-order valence-electron chi connectivity index (χ2n) is 7.73. The van der Waals surface area contributed by atoms with E-state index in [-0.39, 0.29) is 0 Å². The molecule has 7 nitrogen and oxygen atoms in total. The van der Waals surface area contributed by atoms with E-state index < -0.39 is 0 Å². The second-order valence-corrected chi connectivity index (χ2v) is 8.55. The summed E-state index contributed by atoms with van der Waals surface area (Å²) in [5.41, 5.74) is 5.10. The van der Waals surface area contributed by atoms with Gasteiger partial charge >= 0.3 is 0 Å². The molecular weight excluding hydrogens is 459 g/mol. The van der Waals surface area contributed by atoms with Crippen LogP contribution >= 0.6 is 23.2 Å². The molecule has 0 saturated heterocycles. The van der Waals surface area contributed by atoms with Crippen molar-refractivity contribution in [3.8, 4) is 16.9 Å². The van der Waals surface area contributed by atoms with Crippen LogP contribution in [0, 0.1) is 13.8 Å². The minimum absolute atomic E-state index is 0.494. The number of methoxy groups -OCH3 is 1. The van der Waals surface area contributed by atoms with Crippen molar-refractivity contribution in [3.05, 3.63) is 69.7 Å². The molecule has 0 amide bonds. The number of hydrogen-bond donors (Lipinski definition) is 2. The van der Waals surface area contributed by atoms with Crippen LogP contribution in [0.15, 0.2) is 42.7 Å². The number of nitrogens with one attached hydrogen (secondary N) is 2. The van der Waals surface area contributed by atoms with Crippen LogP contribution in [0.2, 0.25) is 10.0 Å². The number of aromatic nitrogens is 4. The Labute approximate surface area is 203 Å². The molecule has 0 fully saturated rings. The largest absolute Gasteiger partial charge is 0.497 e. The fourth-order valence-electron chi connectivity index (χ4n) is 3.75. The lowest BCUT2D eigenvalue weighted by atomic mass is 10.1. The molecule has 3 heterocycles. The van der Waals surface area contributed by atoms with Crippen LogP contribution in [0.25, 0.3) is 16.8 Å². The predicted octanol–water partition coefficient (Wildman–Crippen LogP) is 4.97. The normalized spacial score (nSPS) is 11.2. The van der Waals surface area contributed by atoms with Gasteiger partial charge in [0.25, 0.3) is 0 Å². The van der Waals surface area contributed by atoms with E-state index in [9.17, 15) is 0 Å². The van der Waals surface area contributed by atoms with Crippen molar-refractivity contribution in [3.63, 3.8) is 0 Å². The van der Waals surface area contributed by atoms with Crippen LogP contribution < -0.4 is 15.4 Å². The van der Waals surface area contributed by atoms with Gasteiger partial charge in [0.2, 0.25) is 0 Å². The van der Waals surface area contributed by atoms with E-state index in [1.165, 1.54) is 5.56 Å². The highest BCUT2D eigenvalue weighted by atomic mass is 35.5. The Bertz CT molecular complexity index is 1240. The number of pyridine rings is 1. The van der Waals surface area contributed by atoms with E-state index in [2.05, 4.69) is 21.7 Å². The van der Waals surface area contributed by atoms with Gasteiger partial charge in [-0.25, -0.2) is 4.98 Å². The van der Waals surface area contributed by atoms with Gasteiger partial charge in [0, 0.05) is 42.8 Å². The number of halogens is 2. The van der Waals surface area contributed by atoms with Crippen LogP contribution in [0.4, 0.5) is 5.82 Å². The number of hydrogen-bond acceptors (Lipinski definition) is 6. The zero-order valence-electron chi connectivity index (χ0n) is 18.8. The van der Waals surface area contributed by atoms with Crippen molar-refractivity contribution in [1.82, 2.24) is 24.9 Å². The maximum absolute atomic E-state index is 6.58. The summed E-state index contributed by atoms with van der Waals surface area (Å²) in [7, 11) is 1.58. The van der Waals surface area contributed by atoms with Crippen molar-refractivity contribution >= 4 is 34.7 Å². The molecule has 2 N–H and O–H groups in total. The molecule has 9 heteroatoms.